The molecule has 23 heavy (non-hydrogen) atoms. The summed E-state index contributed by atoms with van der Waals surface area (Å²) in [5.74, 6) is 0. The minimum Gasteiger partial charge on any atom is -0.427 e. The van der Waals surface area contributed by atoms with Crippen molar-refractivity contribution in [2.45, 2.75) is 19.3 Å². The molecule has 10 heteroatoms. The number of hydrogen-bond acceptors (Lipinski definition) is 7. The summed E-state index contributed by atoms with van der Waals surface area (Å²) in [4.78, 5) is 38.4. The van der Waals surface area contributed by atoms with Gasteiger partial charge in [-0.05, 0) is 25.8 Å². The maximum absolute atomic E-state index is 12.0. The zero-order chi connectivity index (χ0) is 17.3. The number of aliphatic imine (C=N–C) groups is 1. The molecular formula is C13H22N6O4. The number of isocyanates is 1. The molecule has 0 unspecified atom stereocenters. The third-order valence-electron chi connectivity index (χ3n) is 2.63. The van der Waals surface area contributed by atoms with E-state index in [-0.39, 0.29) is 26.2 Å². The van der Waals surface area contributed by atoms with Crippen LogP contribution < -0.4 is 16.4 Å². The number of urea groups is 2. The van der Waals surface area contributed by atoms with Crippen LogP contribution in [0.3, 0.4) is 0 Å². The summed E-state index contributed by atoms with van der Waals surface area (Å²) in [6.07, 6.45) is 4.32. The van der Waals surface area contributed by atoms with E-state index in [1.807, 2.05) is 0 Å². The average molecular weight is 326 g/mol. The Morgan fingerprint density at radius 1 is 1.17 bits per heavy atom. The van der Waals surface area contributed by atoms with Gasteiger partial charge in [0, 0.05) is 19.6 Å². The van der Waals surface area contributed by atoms with Gasteiger partial charge in [0.1, 0.15) is 6.61 Å². The molecule has 0 saturated heterocycles. The van der Waals surface area contributed by atoms with Crippen molar-refractivity contribution in [3.63, 3.8) is 0 Å². The summed E-state index contributed by atoms with van der Waals surface area (Å²) in [7, 11) is 0. The molecule has 0 spiro atoms. The van der Waals surface area contributed by atoms with Crippen LogP contribution in [0.25, 0.3) is 0 Å². The second kappa shape index (κ2) is 14.3. The monoisotopic (exact) mass is 326 g/mol. The Labute approximate surface area is 134 Å². The van der Waals surface area contributed by atoms with Crippen LogP contribution in [-0.2, 0) is 9.53 Å². The second-order valence-corrected chi connectivity index (χ2v) is 4.38. The smallest absolute Gasteiger partial charge is 0.325 e. The van der Waals surface area contributed by atoms with E-state index in [2.05, 4.69) is 20.4 Å². The molecule has 0 aliphatic rings. The molecule has 0 radical (unpaired) electrons. The van der Waals surface area contributed by atoms with Gasteiger partial charge < -0.3 is 21.1 Å². The van der Waals surface area contributed by atoms with Gasteiger partial charge in [-0.25, -0.2) is 24.3 Å². The van der Waals surface area contributed by atoms with Crippen molar-refractivity contribution >= 4 is 18.1 Å². The van der Waals surface area contributed by atoms with E-state index in [4.69, 9.17) is 11.0 Å². The average Bonchev–Trinajstić information content (AvgIpc) is 2.54. The van der Waals surface area contributed by atoms with Crippen LogP contribution in [0.4, 0.5) is 9.59 Å². The number of ether oxygens (including phenoxy) is 1. The highest BCUT2D eigenvalue weighted by atomic mass is 16.5. The van der Waals surface area contributed by atoms with E-state index in [0.717, 1.165) is 4.90 Å². The van der Waals surface area contributed by atoms with Crippen LogP contribution >= 0.6 is 0 Å². The normalized spacial score (nSPS) is 9.22. The van der Waals surface area contributed by atoms with Gasteiger partial charge in [-0.1, -0.05) is 0 Å². The van der Waals surface area contributed by atoms with Crippen LogP contribution in [-0.4, -0.2) is 62.4 Å². The fourth-order valence-corrected chi connectivity index (χ4v) is 1.52. The number of hydrogen-bond donors (Lipinski definition) is 3. The third-order valence-corrected chi connectivity index (χ3v) is 2.63. The summed E-state index contributed by atoms with van der Waals surface area (Å²) in [5.41, 5.74) is 5.34. The van der Waals surface area contributed by atoms with Gasteiger partial charge in [0.2, 0.25) is 6.08 Å². The van der Waals surface area contributed by atoms with Gasteiger partial charge in [0.05, 0.1) is 6.54 Å². The van der Waals surface area contributed by atoms with Gasteiger partial charge in [0.25, 0.3) is 6.26 Å². The number of nitriles is 1. The summed E-state index contributed by atoms with van der Waals surface area (Å²) < 4.78 is 4.48. The highest BCUT2D eigenvalue weighted by molar-refractivity contribution is 5.93. The number of carbonyl (C=O) groups is 2. The second-order valence-electron chi connectivity index (χ2n) is 4.38. The molecule has 4 amide bonds. The van der Waals surface area contributed by atoms with Gasteiger partial charge in [-0.15, -0.1) is 0 Å². The van der Waals surface area contributed by atoms with Crippen molar-refractivity contribution in [1.29, 1.82) is 5.26 Å². The molecule has 0 saturated carbocycles. The maximum Gasteiger partial charge on any atom is 0.325 e. The molecule has 0 heterocycles. The van der Waals surface area contributed by atoms with Crippen LogP contribution in [0.5, 0.6) is 0 Å². The molecule has 0 bridgehead atoms. The van der Waals surface area contributed by atoms with Gasteiger partial charge in [-0.3, -0.25) is 0 Å². The van der Waals surface area contributed by atoms with E-state index < -0.39 is 12.1 Å². The molecule has 10 nitrogen and oxygen atoms in total. The van der Waals surface area contributed by atoms with Crippen LogP contribution in [0.15, 0.2) is 4.99 Å². The molecule has 0 aromatic rings. The molecule has 128 valence electrons. The van der Waals surface area contributed by atoms with E-state index in [1.54, 1.807) is 0 Å². The van der Waals surface area contributed by atoms with Gasteiger partial charge in [-0.2, -0.15) is 5.26 Å². The first-order valence-electron chi connectivity index (χ1n) is 7.25. The minimum absolute atomic E-state index is 0.111. The Morgan fingerprint density at radius 2 is 1.83 bits per heavy atom. The first kappa shape index (κ1) is 20.4. The van der Waals surface area contributed by atoms with Crippen molar-refractivity contribution in [3.8, 4) is 6.26 Å². The quantitative estimate of drug-likeness (QED) is 0.205. The molecule has 0 atom stereocenters. The topological polar surface area (TPSA) is 150 Å². The number of carbonyl (C=O) groups excluding carboxylic acids is 3. The van der Waals surface area contributed by atoms with Gasteiger partial charge >= 0.3 is 12.1 Å². The first-order valence-corrected chi connectivity index (χ1v) is 7.25. The summed E-state index contributed by atoms with van der Waals surface area (Å²) >= 11 is 0. The maximum atomic E-state index is 12.0. The predicted octanol–water partition coefficient (Wildman–Crippen LogP) is -0.330. The summed E-state index contributed by atoms with van der Waals surface area (Å²) in [6, 6.07) is -1.11. The predicted molar refractivity (Wildman–Crippen MR) is 81.0 cm³/mol. The zero-order valence-corrected chi connectivity index (χ0v) is 12.9. The number of nitrogens with one attached hydrogen (secondary N) is 2. The van der Waals surface area contributed by atoms with E-state index in [9.17, 15) is 14.4 Å². The Bertz CT molecular complexity index is 444. The Hall–Kier alpha value is -2.63. The number of nitrogens with two attached hydrogens (primary N) is 1. The molecule has 4 N–H and O–H groups in total. The molecular weight excluding hydrogens is 304 g/mol. The lowest BCUT2D eigenvalue weighted by Crippen LogP contribution is -2.49. The zero-order valence-electron chi connectivity index (χ0n) is 12.9. The van der Waals surface area contributed by atoms with Gasteiger partial charge in [0.15, 0.2) is 0 Å². The van der Waals surface area contributed by atoms with E-state index >= 15 is 0 Å². The lowest BCUT2D eigenvalue weighted by atomic mass is 10.4. The lowest BCUT2D eigenvalue weighted by molar-refractivity contribution is 0.184. The van der Waals surface area contributed by atoms with E-state index in [0.29, 0.717) is 32.4 Å². The Kier molecular flexibility index (Phi) is 12.7. The molecule has 0 aromatic carbocycles. The van der Waals surface area contributed by atoms with Crippen molar-refractivity contribution in [3.05, 3.63) is 0 Å². The Morgan fingerprint density at radius 3 is 2.39 bits per heavy atom. The molecule has 0 aliphatic carbocycles. The third kappa shape index (κ3) is 10.7. The molecule has 0 rings (SSSR count). The number of imide groups is 1. The van der Waals surface area contributed by atoms with Crippen molar-refractivity contribution in [1.82, 2.24) is 15.5 Å². The van der Waals surface area contributed by atoms with Crippen LogP contribution in [0.2, 0.25) is 0 Å². The summed E-state index contributed by atoms with van der Waals surface area (Å²) in [5, 5.41) is 13.4. The minimum atomic E-state index is -0.567. The molecule has 0 fully saturated rings. The number of rotatable bonds is 11. The molecule has 0 aromatic heterocycles. The molecule has 0 aliphatic heterocycles. The lowest BCUT2D eigenvalue weighted by Gasteiger charge is -2.21. The largest absolute Gasteiger partial charge is 0.427 e. The highest BCUT2D eigenvalue weighted by Gasteiger charge is 2.20. The number of amides is 4. The van der Waals surface area contributed by atoms with E-state index in [1.165, 1.54) is 12.3 Å². The van der Waals surface area contributed by atoms with Crippen molar-refractivity contribution in [2.24, 2.45) is 10.7 Å². The van der Waals surface area contributed by atoms with Crippen molar-refractivity contribution < 1.29 is 19.1 Å². The fraction of sp³-hybridized carbons (Fsp3) is 0.692. The highest BCUT2D eigenvalue weighted by Crippen LogP contribution is 1.96. The number of nitrogens with zero attached hydrogens (tertiary/aromatic N) is 3. The standard InChI is InChI=1S/C13H22N6O4/c14-4-1-6-17-12(21)19(8-2-5-16-11-20)13(22)18-7-3-9-23-10-15/h1-9,14H2,(H,17,21)(H,18,22). The van der Waals surface area contributed by atoms with Crippen LogP contribution in [0, 0.1) is 11.5 Å². The first-order chi connectivity index (χ1) is 11.2. The summed E-state index contributed by atoms with van der Waals surface area (Å²) in [6.45, 7) is 1.54. The Balaban J connectivity index is 4.37. The SMILES string of the molecule is N#COCCCNC(=O)N(CCCN=C=O)C(=O)NCCCN. The van der Waals surface area contributed by atoms with Crippen molar-refractivity contribution in [2.75, 3.05) is 39.3 Å². The fourth-order valence-electron chi connectivity index (χ4n) is 1.52. The van der Waals surface area contributed by atoms with Crippen LogP contribution in [0.1, 0.15) is 19.3 Å².